The number of nitrogens with one attached hydrogen (secondary N) is 3. The van der Waals surface area contributed by atoms with Crippen molar-refractivity contribution in [3.8, 4) is 5.75 Å². The highest BCUT2D eigenvalue weighted by molar-refractivity contribution is 6.05. The molecule has 32 heavy (non-hydrogen) atoms. The van der Waals surface area contributed by atoms with Gasteiger partial charge in [0.1, 0.15) is 22.6 Å². The van der Waals surface area contributed by atoms with Crippen molar-refractivity contribution in [3.63, 3.8) is 0 Å². The topological polar surface area (TPSA) is 114 Å². The number of carbonyl (C=O) groups excluding carboxylic acids is 1. The average Bonchev–Trinajstić information content (AvgIpc) is 3.25. The van der Waals surface area contributed by atoms with E-state index in [2.05, 4.69) is 30.5 Å². The van der Waals surface area contributed by atoms with Crippen LogP contribution in [0.25, 0.3) is 11.0 Å². The average molecular weight is 441 g/mol. The quantitative estimate of drug-likeness (QED) is 0.435. The predicted molar refractivity (Wildman–Crippen MR) is 123 cm³/mol. The van der Waals surface area contributed by atoms with Crippen LogP contribution in [0.1, 0.15) is 17.3 Å². The Kier molecular flexibility index (Phi) is 7.03. The molecule has 1 fully saturated rings. The fourth-order valence-corrected chi connectivity index (χ4v) is 3.59. The highest BCUT2D eigenvalue weighted by atomic mass is 16.5. The number of aromatic nitrogens is 3. The summed E-state index contributed by atoms with van der Waals surface area (Å²) in [4.78, 5) is 27.2. The summed E-state index contributed by atoms with van der Waals surface area (Å²) in [5.41, 5.74) is 2.93. The Hall–Kier alpha value is -3.37. The highest BCUT2D eigenvalue weighted by Crippen LogP contribution is 2.33. The second kappa shape index (κ2) is 10.3. The molecule has 0 atom stereocenters. The number of imidazole rings is 1. The molecule has 1 amide bonds. The van der Waals surface area contributed by atoms with Gasteiger partial charge in [0.05, 0.1) is 32.6 Å². The first-order valence-electron chi connectivity index (χ1n) is 10.7. The van der Waals surface area contributed by atoms with E-state index in [9.17, 15) is 4.79 Å². The molecule has 10 heteroatoms. The van der Waals surface area contributed by atoms with Crippen LogP contribution in [0.3, 0.4) is 0 Å². The molecule has 3 N–H and O–H groups in total. The molecule has 4 rings (SSSR count). The minimum atomic E-state index is -0.286. The molecule has 10 nitrogen and oxygen atoms in total. The maximum absolute atomic E-state index is 12.9. The van der Waals surface area contributed by atoms with Crippen molar-refractivity contribution in [2.75, 3.05) is 68.7 Å². The van der Waals surface area contributed by atoms with E-state index in [1.165, 1.54) is 0 Å². The van der Waals surface area contributed by atoms with Crippen LogP contribution in [0.15, 0.2) is 30.5 Å². The van der Waals surface area contributed by atoms with Gasteiger partial charge in [-0.05, 0) is 31.2 Å². The number of nitrogens with zero attached hydrogens (tertiary/aromatic N) is 3. The number of amides is 1. The largest absolute Gasteiger partial charge is 0.494 e. The Morgan fingerprint density at radius 3 is 2.91 bits per heavy atom. The fraction of sp³-hybridized carbons (Fsp3) is 0.409. The summed E-state index contributed by atoms with van der Waals surface area (Å²) in [5, 5.41) is 6.00. The lowest BCUT2D eigenvalue weighted by molar-refractivity contribution is 0.102. The number of H-pyrrole nitrogens is 1. The van der Waals surface area contributed by atoms with Crippen molar-refractivity contribution < 1.29 is 19.0 Å². The number of aromatic amines is 1. The Labute approximate surface area is 186 Å². The zero-order valence-corrected chi connectivity index (χ0v) is 18.3. The van der Waals surface area contributed by atoms with Gasteiger partial charge in [-0.15, -0.1) is 0 Å². The lowest BCUT2D eigenvalue weighted by atomic mass is 10.2. The van der Waals surface area contributed by atoms with Gasteiger partial charge >= 0.3 is 0 Å². The predicted octanol–water partition coefficient (Wildman–Crippen LogP) is 2.50. The number of methoxy groups -OCH3 is 1. The molecule has 0 bridgehead atoms. The molecule has 170 valence electrons. The summed E-state index contributed by atoms with van der Waals surface area (Å²) < 4.78 is 16.3. The highest BCUT2D eigenvalue weighted by Gasteiger charge is 2.20. The summed E-state index contributed by atoms with van der Waals surface area (Å²) in [6.07, 6.45) is 1.59. The second-order valence-electron chi connectivity index (χ2n) is 7.20. The maximum atomic E-state index is 12.9. The van der Waals surface area contributed by atoms with Crippen LogP contribution in [0, 0.1) is 0 Å². The van der Waals surface area contributed by atoms with Gasteiger partial charge < -0.3 is 29.4 Å². The number of carbonyl (C=O) groups is 1. The number of rotatable bonds is 9. The van der Waals surface area contributed by atoms with E-state index >= 15 is 0 Å². The summed E-state index contributed by atoms with van der Waals surface area (Å²) in [5.74, 6) is 1.34. The van der Waals surface area contributed by atoms with E-state index in [1.807, 2.05) is 19.1 Å². The minimum absolute atomic E-state index is 0.286. The van der Waals surface area contributed by atoms with Gasteiger partial charge in [-0.3, -0.25) is 10.1 Å². The van der Waals surface area contributed by atoms with Crippen molar-refractivity contribution in [1.29, 1.82) is 0 Å². The lowest BCUT2D eigenvalue weighted by Gasteiger charge is -2.29. The summed E-state index contributed by atoms with van der Waals surface area (Å²) >= 11 is 0. The van der Waals surface area contributed by atoms with Crippen LogP contribution >= 0.6 is 0 Å². The number of hydrogen-bond acceptors (Lipinski definition) is 8. The van der Waals surface area contributed by atoms with Crippen LogP contribution < -0.4 is 20.3 Å². The van der Waals surface area contributed by atoms with Crippen LogP contribution in [-0.2, 0) is 9.47 Å². The number of hydrogen-bond donors (Lipinski definition) is 3. The third-order valence-corrected chi connectivity index (χ3v) is 5.17. The third kappa shape index (κ3) is 4.92. The van der Waals surface area contributed by atoms with Crippen molar-refractivity contribution >= 4 is 34.4 Å². The smallest absolute Gasteiger partial charge is 0.258 e. The lowest BCUT2D eigenvalue weighted by Crippen LogP contribution is -2.36. The molecule has 3 aromatic rings. The van der Waals surface area contributed by atoms with Gasteiger partial charge in [-0.2, -0.15) is 0 Å². The van der Waals surface area contributed by atoms with Crippen LogP contribution in [0.5, 0.6) is 5.75 Å². The fourth-order valence-electron chi connectivity index (χ4n) is 3.59. The summed E-state index contributed by atoms with van der Waals surface area (Å²) in [7, 11) is 1.61. The maximum Gasteiger partial charge on any atom is 0.258 e. The number of morpholine rings is 1. The first-order valence-corrected chi connectivity index (χ1v) is 10.7. The van der Waals surface area contributed by atoms with E-state index in [4.69, 9.17) is 14.2 Å². The normalized spacial score (nSPS) is 13.9. The van der Waals surface area contributed by atoms with Crippen LogP contribution in [-0.4, -0.2) is 74.0 Å². The standard InChI is InChI=1S/C22H28N6O4/c1-3-31-11-8-24-18-14-15(6-7-23-18)21(29)27-22-25-19-16(28-9-12-32-13-10-28)4-5-17(30-2)20(19)26-22/h4-7,14H,3,8-13H2,1-2H3,(H,23,24)(H2,25,26,27,29). The number of pyridine rings is 1. The van der Waals surface area contributed by atoms with E-state index in [0.717, 1.165) is 29.8 Å². The number of fused-ring (bicyclic) bond motifs is 1. The van der Waals surface area contributed by atoms with Crippen molar-refractivity contribution in [2.45, 2.75) is 6.92 Å². The Morgan fingerprint density at radius 2 is 2.12 bits per heavy atom. The van der Waals surface area contributed by atoms with E-state index < -0.39 is 0 Å². The number of benzene rings is 1. The second-order valence-corrected chi connectivity index (χ2v) is 7.20. The monoisotopic (exact) mass is 440 g/mol. The Bertz CT molecular complexity index is 1060. The van der Waals surface area contributed by atoms with Crippen LogP contribution in [0.2, 0.25) is 0 Å². The zero-order chi connectivity index (χ0) is 22.3. The Morgan fingerprint density at radius 1 is 1.28 bits per heavy atom. The minimum Gasteiger partial charge on any atom is -0.494 e. The van der Waals surface area contributed by atoms with E-state index in [1.54, 1.807) is 25.4 Å². The molecular weight excluding hydrogens is 412 g/mol. The molecule has 3 heterocycles. The third-order valence-electron chi connectivity index (χ3n) is 5.17. The van der Waals surface area contributed by atoms with Gasteiger partial charge in [-0.25, -0.2) is 9.97 Å². The molecule has 1 aliphatic heterocycles. The molecule has 1 aliphatic rings. The summed E-state index contributed by atoms with van der Waals surface area (Å²) in [6.45, 7) is 6.70. The molecule has 0 spiro atoms. The first kappa shape index (κ1) is 21.8. The van der Waals surface area contributed by atoms with Crippen molar-refractivity contribution in [3.05, 3.63) is 36.0 Å². The first-order chi connectivity index (χ1) is 15.7. The zero-order valence-electron chi connectivity index (χ0n) is 18.3. The molecule has 0 aliphatic carbocycles. The number of anilines is 3. The molecule has 0 radical (unpaired) electrons. The van der Waals surface area contributed by atoms with Gasteiger partial charge in [0.25, 0.3) is 5.91 Å². The Balaban J connectivity index is 1.53. The molecule has 0 saturated carbocycles. The van der Waals surface area contributed by atoms with Crippen LogP contribution in [0.4, 0.5) is 17.5 Å². The van der Waals surface area contributed by atoms with Gasteiger partial charge in [0.2, 0.25) is 5.95 Å². The number of ether oxygens (including phenoxy) is 3. The van der Waals surface area contributed by atoms with Crippen molar-refractivity contribution in [2.24, 2.45) is 0 Å². The van der Waals surface area contributed by atoms with Gasteiger partial charge in [0.15, 0.2) is 0 Å². The SMILES string of the molecule is CCOCCNc1cc(C(=O)Nc2nc3c(N4CCOCC4)ccc(OC)c3[nH]2)ccn1. The van der Waals surface area contributed by atoms with Gasteiger partial charge in [0, 0.05) is 38.0 Å². The molecular formula is C22H28N6O4. The molecule has 1 aromatic carbocycles. The molecule has 0 unspecified atom stereocenters. The molecule has 2 aromatic heterocycles. The van der Waals surface area contributed by atoms with Gasteiger partial charge in [-0.1, -0.05) is 0 Å². The summed E-state index contributed by atoms with van der Waals surface area (Å²) in [6, 6.07) is 7.25. The van der Waals surface area contributed by atoms with E-state index in [-0.39, 0.29) is 5.91 Å². The van der Waals surface area contributed by atoms with Crippen molar-refractivity contribution in [1.82, 2.24) is 15.0 Å². The van der Waals surface area contributed by atoms with E-state index in [0.29, 0.717) is 56.1 Å². The molecule has 1 saturated heterocycles.